The molecule has 1 aromatic heterocycles. The molecule has 0 atom stereocenters. The van der Waals surface area contributed by atoms with Crippen LogP contribution in [0.2, 0.25) is 0 Å². The highest BCUT2D eigenvalue weighted by atomic mass is 16.3. The molecular weight excluding hydrogens is 358 g/mol. The number of fused-ring (bicyclic) bond motifs is 3. The lowest BCUT2D eigenvalue weighted by Crippen LogP contribution is -1.86. The first kappa shape index (κ1) is 21.7. The summed E-state index contributed by atoms with van der Waals surface area (Å²) in [5.74, 6) is 1.06. The molecule has 0 aliphatic heterocycles. The molecule has 0 radical (unpaired) electrons. The van der Waals surface area contributed by atoms with Crippen molar-refractivity contribution >= 4 is 21.9 Å². The Kier molecular flexibility index (Phi) is 8.85. The second kappa shape index (κ2) is 11.8. The smallest absolute Gasteiger partial charge is 0.195 e. The number of benzene rings is 2. The van der Waals surface area contributed by atoms with Crippen molar-refractivity contribution in [1.29, 1.82) is 0 Å². The number of hydrogen-bond donors (Lipinski definition) is 1. The Morgan fingerprint density at radius 2 is 1.31 bits per heavy atom. The minimum atomic E-state index is 0.272. The second-order valence-electron chi connectivity index (χ2n) is 8.39. The van der Waals surface area contributed by atoms with Gasteiger partial charge in [0.25, 0.3) is 0 Å². The van der Waals surface area contributed by atoms with E-state index < -0.39 is 0 Å². The quantitative estimate of drug-likeness (QED) is 0.279. The summed E-state index contributed by atoms with van der Waals surface area (Å²) >= 11 is 0. The van der Waals surface area contributed by atoms with Crippen molar-refractivity contribution in [2.75, 3.05) is 0 Å². The Morgan fingerprint density at radius 1 is 0.759 bits per heavy atom. The van der Waals surface area contributed by atoms with Gasteiger partial charge in [0.1, 0.15) is 11.3 Å². The second-order valence-corrected chi connectivity index (χ2v) is 8.39. The third-order valence-electron chi connectivity index (χ3n) is 5.91. The van der Waals surface area contributed by atoms with Crippen LogP contribution in [0, 0.1) is 0 Å². The number of aromatic hydroxyl groups is 1. The van der Waals surface area contributed by atoms with Gasteiger partial charge in [-0.15, -0.1) is 0 Å². The monoisotopic (exact) mass is 395 g/mol. The van der Waals surface area contributed by atoms with Crippen LogP contribution in [-0.2, 0) is 6.42 Å². The summed E-state index contributed by atoms with van der Waals surface area (Å²) in [6.07, 6.45) is 18.5. The highest BCUT2D eigenvalue weighted by Gasteiger charge is 2.12. The van der Waals surface area contributed by atoms with Crippen LogP contribution in [0.15, 0.2) is 34.7 Å². The Hall–Kier alpha value is -2.03. The van der Waals surface area contributed by atoms with Crippen molar-refractivity contribution in [3.63, 3.8) is 0 Å². The fourth-order valence-electron chi connectivity index (χ4n) is 4.18. The SMILES string of the molecule is CCCCCCCCCCCCCCCc1nc2cc(O)c3ccccc3c2o1. The standard InChI is InChI=1S/C26H37NO2/c1-2-3-4-5-6-7-8-9-10-11-12-13-14-19-25-27-23-20-24(28)21-17-15-16-18-22(21)26(23)29-25/h15-18,20,28H,2-14,19H2,1H3. The number of rotatable bonds is 14. The predicted octanol–water partition coefficient (Wildman–Crippen LogP) is 8.32. The third-order valence-corrected chi connectivity index (χ3v) is 5.91. The maximum absolute atomic E-state index is 10.2. The molecule has 3 rings (SSSR count). The highest BCUT2D eigenvalue weighted by Crippen LogP contribution is 2.33. The number of unbranched alkanes of at least 4 members (excludes halogenated alkanes) is 12. The molecule has 0 fully saturated rings. The van der Waals surface area contributed by atoms with Crippen LogP contribution >= 0.6 is 0 Å². The zero-order valence-corrected chi connectivity index (χ0v) is 18.1. The Morgan fingerprint density at radius 3 is 1.93 bits per heavy atom. The average Bonchev–Trinajstić information content (AvgIpc) is 3.14. The molecule has 2 aromatic carbocycles. The number of nitrogens with zero attached hydrogens (tertiary/aromatic N) is 1. The van der Waals surface area contributed by atoms with Gasteiger partial charge in [-0.3, -0.25) is 0 Å². The number of phenols is 1. The molecule has 0 saturated carbocycles. The fourth-order valence-corrected chi connectivity index (χ4v) is 4.18. The first-order valence-corrected chi connectivity index (χ1v) is 11.8. The third kappa shape index (κ3) is 6.48. The molecule has 0 unspecified atom stereocenters. The normalized spacial score (nSPS) is 11.6. The van der Waals surface area contributed by atoms with Crippen LogP contribution in [0.1, 0.15) is 96.3 Å². The number of oxazole rings is 1. The van der Waals surface area contributed by atoms with Gasteiger partial charge in [0, 0.05) is 23.3 Å². The Bertz CT molecular complexity index is 868. The predicted molar refractivity (Wildman–Crippen MR) is 123 cm³/mol. The first-order valence-electron chi connectivity index (χ1n) is 11.8. The van der Waals surface area contributed by atoms with Gasteiger partial charge in [-0.25, -0.2) is 4.98 Å². The molecule has 3 aromatic rings. The molecule has 0 aliphatic rings. The number of aromatic nitrogens is 1. The number of aryl methyl sites for hydroxylation is 1. The highest BCUT2D eigenvalue weighted by molar-refractivity contribution is 6.06. The van der Waals surface area contributed by atoms with Gasteiger partial charge in [-0.1, -0.05) is 108 Å². The molecule has 3 nitrogen and oxygen atoms in total. The Labute approximate surface area is 175 Å². The van der Waals surface area contributed by atoms with Crippen molar-refractivity contribution in [2.45, 2.75) is 96.8 Å². The van der Waals surface area contributed by atoms with Crippen LogP contribution < -0.4 is 0 Å². The van der Waals surface area contributed by atoms with E-state index in [1.807, 2.05) is 24.3 Å². The lowest BCUT2D eigenvalue weighted by Gasteiger charge is -2.02. The van der Waals surface area contributed by atoms with Gasteiger partial charge in [0.2, 0.25) is 0 Å². The van der Waals surface area contributed by atoms with E-state index in [4.69, 9.17) is 4.42 Å². The van der Waals surface area contributed by atoms with E-state index in [9.17, 15) is 5.11 Å². The van der Waals surface area contributed by atoms with Crippen molar-refractivity contribution in [3.05, 3.63) is 36.2 Å². The summed E-state index contributed by atoms with van der Waals surface area (Å²) in [6.45, 7) is 2.28. The topological polar surface area (TPSA) is 46.3 Å². The van der Waals surface area contributed by atoms with E-state index in [0.29, 0.717) is 0 Å². The minimum Gasteiger partial charge on any atom is -0.507 e. The van der Waals surface area contributed by atoms with Gasteiger partial charge in [-0.2, -0.15) is 0 Å². The molecule has 29 heavy (non-hydrogen) atoms. The van der Waals surface area contributed by atoms with Gasteiger partial charge in [-0.05, 0) is 6.42 Å². The summed E-state index contributed by atoms with van der Waals surface area (Å²) in [7, 11) is 0. The van der Waals surface area contributed by atoms with Crippen molar-refractivity contribution < 1.29 is 9.52 Å². The zero-order chi connectivity index (χ0) is 20.3. The maximum atomic E-state index is 10.2. The zero-order valence-electron chi connectivity index (χ0n) is 18.1. The summed E-state index contributed by atoms with van der Waals surface area (Å²) in [5, 5.41) is 12.0. The molecule has 0 amide bonds. The van der Waals surface area contributed by atoms with Crippen LogP contribution in [0.3, 0.4) is 0 Å². The molecular formula is C26H37NO2. The molecule has 0 bridgehead atoms. The first-order chi connectivity index (χ1) is 14.3. The van der Waals surface area contributed by atoms with E-state index in [1.54, 1.807) is 6.07 Å². The van der Waals surface area contributed by atoms with Gasteiger partial charge >= 0.3 is 0 Å². The maximum Gasteiger partial charge on any atom is 0.195 e. The van der Waals surface area contributed by atoms with Crippen molar-refractivity contribution in [3.8, 4) is 5.75 Å². The molecule has 0 saturated heterocycles. The van der Waals surface area contributed by atoms with Gasteiger partial charge in [0.05, 0.1) is 0 Å². The summed E-state index contributed by atoms with van der Waals surface area (Å²) < 4.78 is 6.02. The number of phenolic OH excluding ortho intramolecular Hbond substituents is 1. The van der Waals surface area contributed by atoms with Crippen LogP contribution in [-0.4, -0.2) is 10.1 Å². The number of hydrogen-bond acceptors (Lipinski definition) is 3. The van der Waals surface area contributed by atoms with Crippen LogP contribution in [0.25, 0.3) is 21.9 Å². The molecule has 0 aliphatic carbocycles. The van der Waals surface area contributed by atoms with E-state index >= 15 is 0 Å². The van der Waals surface area contributed by atoms with Gasteiger partial charge < -0.3 is 9.52 Å². The molecule has 158 valence electrons. The lowest BCUT2D eigenvalue weighted by atomic mass is 10.0. The fraction of sp³-hybridized carbons (Fsp3) is 0.577. The lowest BCUT2D eigenvalue weighted by molar-refractivity contribution is 0.482. The summed E-state index contributed by atoms with van der Waals surface area (Å²) in [5.41, 5.74) is 1.55. The van der Waals surface area contributed by atoms with E-state index in [2.05, 4.69) is 11.9 Å². The molecule has 1 N–H and O–H groups in total. The van der Waals surface area contributed by atoms with E-state index in [-0.39, 0.29) is 5.75 Å². The molecule has 0 spiro atoms. The van der Waals surface area contributed by atoms with E-state index in [0.717, 1.165) is 40.6 Å². The van der Waals surface area contributed by atoms with Crippen LogP contribution in [0.5, 0.6) is 5.75 Å². The minimum absolute atomic E-state index is 0.272. The van der Waals surface area contributed by atoms with Crippen LogP contribution in [0.4, 0.5) is 0 Å². The van der Waals surface area contributed by atoms with Gasteiger partial charge in [0.15, 0.2) is 11.5 Å². The molecule has 3 heteroatoms. The Balaban J connectivity index is 1.30. The average molecular weight is 396 g/mol. The van der Waals surface area contributed by atoms with E-state index in [1.165, 1.54) is 77.0 Å². The van der Waals surface area contributed by atoms with Crippen molar-refractivity contribution in [1.82, 2.24) is 4.98 Å². The summed E-state index contributed by atoms with van der Waals surface area (Å²) in [6, 6.07) is 9.51. The largest absolute Gasteiger partial charge is 0.507 e. The van der Waals surface area contributed by atoms with Crippen molar-refractivity contribution in [2.24, 2.45) is 0 Å². The molecule has 1 heterocycles. The summed E-state index contributed by atoms with van der Waals surface area (Å²) in [4.78, 5) is 4.59.